The van der Waals surface area contributed by atoms with E-state index in [0.717, 1.165) is 23.4 Å². The summed E-state index contributed by atoms with van der Waals surface area (Å²) in [6.45, 7) is 0.845. The van der Waals surface area contributed by atoms with Crippen LogP contribution in [0.25, 0.3) is 10.8 Å². The van der Waals surface area contributed by atoms with Crippen LogP contribution in [0, 0.1) is 0 Å². The molecule has 0 radical (unpaired) electrons. The van der Waals surface area contributed by atoms with Crippen molar-refractivity contribution in [1.82, 2.24) is 10.3 Å². The van der Waals surface area contributed by atoms with Crippen LogP contribution in [0.3, 0.4) is 0 Å². The molecule has 2 aromatic rings. The Morgan fingerprint density at radius 2 is 2.26 bits per heavy atom. The molecule has 0 aliphatic heterocycles. The lowest BCUT2D eigenvalue weighted by Crippen LogP contribution is -2.45. The SMILES string of the molecule is OCC1(NCc2coc(-c3cccs3)n2)CCCC1. The van der Waals surface area contributed by atoms with Gasteiger partial charge < -0.3 is 14.8 Å². The number of oxazole rings is 1. The Morgan fingerprint density at radius 3 is 2.95 bits per heavy atom. The van der Waals surface area contributed by atoms with Gasteiger partial charge in [-0.05, 0) is 24.3 Å². The average Bonchev–Trinajstić information content (AvgIpc) is 3.17. The first-order valence-electron chi connectivity index (χ1n) is 6.65. The van der Waals surface area contributed by atoms with E-state index in [1.807, 2.05) is 17.5 Å². The van der Waals surface area contributed by atoms with Crippen molar-refractivity contribution in [3.05, 3.63) is 29.5 Å². The van der Waals surface area contributed by atoms with Gasteiger partial charge in [0.15, 0.2) is 0 Å². The van der Waals surface area contributed by atoms with Crippen LogP contribution in [0.15, 0.2) is 28.2 Å². The molecule has 1 fully saturated rings. The molecule has 0 amide bonds. The summed E-state index contributed by atoms with van der Waals surface area (Å²) >= 11 is 1.62. The molecule has 1 aliphatic rings. The number of nitrogens with one attached hydrogen (secondary N) is 1. The Morgan fingerprint density at radius 1 is 1.42 bits per heavy atom. The fourth-order valence-corrected chi connectivity index (χ4v) is 3.28. The van der Waals surface area contributed by atoms with Crippen LogP contribution in [-0.2, 0) is 6.54 Å². The molecule has 0 saturated heterocycles. The van der Waals surface area contributed by atoms with Gasteiger partial charge in [-0.3, -0.25) is 0 Å². The maximum Gasteiger partial charge on any atom is 0.236 e. The zero-order valence-corrected chi connectivity index (χ0v) is 11.6. The van der Waals surface area contributed by atoms with Gasteiger partial charge in [0.2, 0.25) is 5.89 Å². The van der Waals surface area contributed by atoms with E-state index in [-0.39, 0.29) is 12.1 Å². The number of nitrogens with zero attached hydrogens (tertiary/aromatic N) is 1. The van der Waals surface area contributed by atoms with Crippen molar-refractivity contribution < 1.29 is 9.52 Å². The highest BCUT2D eigenvalue weighted by Gasteiger charge is 2.32. The second-order valence-corrected chi connectivity index (χ2v) is 6.07. The van der Waals surface area contributed by atoms with Crippen LogP contribution in [0.5, 0.6) is 0 Å². The molecule has 0 atom stereocenters. The Labute approximate surface area is 116 Å². The molecule has 19 heavy (non-hydrogen) atoms. The summed E-state index contributed by atoms with van der Waals surface area (Å²) in [6.07, 6.45) is 6.15. The van der Waals surface area contributed by atoms with Gasteiger partial charge >= 0.3 is 0 Å². The number of thiophene rings is 1. The number of aromatic nitrogens is 1. The molecule has 1 aliphatic carbocycles. The van der Waals surface area contributed by atoms with Crippen LogP contribution < -0.4 is 5.32 Å². The maximum atomic E-state index is 9.55. The highest BCUT2D eigenvalue weighted by molar-refractivity contribution is 7.13. The molecule has 2 N–H and O–H groups in total. The summed E-state index contributed by atoms with van der Waals surface area (Å²) in [6, 6.07) is 3.99. The topological polar surface area (TPSA) is 58.3 Å². The Balaban J connectivity index is 1.64. The van der Waals surface area contributed by atoms with Crippen LogP contribution in [0.2, 0.25) is 0 Å². The van der Waals surface area contributed by atoms with Crippen molar-refractivity contribution in [2.75, 3.05) is 6.61 Å². The highest BCUT2D eigenvalue weighted by Crippen LogP contribution is 2.29. The quantitative estimate of drug-likeness (QED) is 0.883. The summed E-state index contributed by atoms with van der Waals surface area (Å²) in [7, 11) is 0. The molecule has 0 unspecified atom stereocenters. The summed E-state index contributed by atoms with van der Waals surface area (Å²) < 4.78 is 5.49. The smallest absolute Gasteiger partial charge is 0.236 e. The van der Waals surface area contributed by atoms with E-state index < -0.39 is 0 Å². The number of hydrogen-bond acceptors (Lipinski definition) is 5. The minimum absolute atomic E-state index is 0.109. The molecule has 1 saturated carbocycles. The van der Waals surface area contributed by atoms with Gasteiger partial charge in [0, 0.05) is 12.1 Å². The second kappa shape index (κ2) is 5.45. The van der Waals surface area contributed by atoms with Gasteiger partial charge in [-0.2, -0.15) is 0 Å². The third kappa shape index (κ3) is 2.73. The number of aliphatic hydroxyl groups is 1. The molecule has 2 heterocycles. The molecule has 2 aromatic heterocycles. The molecule has 102 valence electrons. The van der Waals surface area contributed by atoms with Gasteiger partial charge in [0.1, 0.15) is 6.26 Å². The first-order valence-corrected chi connectivity index (χ1v) is 7.53. The first-order chi connectivity index (χ1) is 9.31. The van der Waals surface area contributed by atoms with E-state index in [0.29, 0.717) is 12.4 Å². The van der Waals surface area contributed by atoms with Crippen molar-refractivity contribution >= 4 is 11.3 Å². The summed E-state index contributed by atoms with van der Waals surface area (Å²) in [5, 5.41) is 15.0. The van der Waals surface area contributed by atoms with Gasteiger partial charge in [-0.1, -0.05) is 18.9 Å². The van der Waals surface area contributed by atoms with Gasteiger partial charge in [-0.15, -0.1) is 11.3 Å². The van der Waals surface area contributed by atoms with Crippen molar-refractivity contribution in [3.8, 4) is 10.8 Å². The molecule has 0 aromatic carbocycles. The monoisotopic (exact) mass is 278 g/mol. The molecule has 0 bridgehead atoms. The third-order valence-corrected chi connectivity index (χ3v) is 4.65. The number of hydrogen-bond donors (Lipinski definition) is 2. The van der Waals surface area contributed by atoms with Crippen LogP contribution in [0.1, 0.15) is 31.4 Å². The van der Waals surface area contributed by atoms with Crippen LogP contribution in [0.4, 0.5) is 0 Å². The molecule has 5 heteroatoms. The molecular formula is C14H18N2O2S. The molecular weight excluding hydrogens is 260 g/mol. The van der Waals surface area contributed by atoms with E-state index in [9.17, 15) is 5.11 Å². The Hall–Kier alpha value is -1.17. The summed E-state index contributed by atoms with van der Waals surface area (Å²) in [4.78, 5) is 5.52. The minimum Gasteiger partial charge on any atom is -0.444 e. The normalized spacial score (nSPS) is 17.9. The van der Waals surface area contributed by atoms with E-state index in [1.54, 1.807) is 17.6 Å². The lowest BCUT2D eigenvalue weighted by molar-refractivity contribution is 0.162. The lowest BCUT2D eigenvalue weighted by Gasteiger charge is -2.27. The van der Waals surface area contributed by atoms with Crippen LogP contribution in [-0.4, -0.2) is 22.2 Å². The van der Waals surface area contributed by atoms with Crippen molar-refractivity contribution in [2.45, 2.75) is 37.8 Å². The summed E-state index contributed by atoms with van der Waals surface area (Å²) in [5.74, 6) is 0.677. The van der Waals surface area contributed by atoms with Crippen LogP contribution >= 0.6 is 11.3 Å². The fraction of sp³-hybridized carbons (Fsp3) is 0.500. The predicted molar refractivity (Wildman–Crippen MR) is 74.9 cm³/mol. The average molecular weight is 278 g/mol. The summed E-state index contributed by atoms with van der Waals surface area (Å²) in [5.41, 5.74) is 0.783. The molecule has 0 spiro atoms. The zero-order chi connectivity index (χ0) is 13.1. The van der Waals surface area contributed by atoms with Crippen molar-refractivity contribution in [3.63, 3.8) is 0 Å². The standard InChI is InChI=1S/C14H18N2O2S/c17-10-14(5-1-2-6-14)15-8-11-9-18-13(16-11)12-4-3-7-19-12/h3-4,7,9,15,17H,1-2,5-6,8,10H2. The fourth-order valence-electron chi connectivity index (χ4n) is 2.62. The number of aliphatic hydroxyl groups excluding tert-OH is 1. The Bertz CT molecular complexity index is 515. The molecule has 4 nitrogen and oxygen atoms in total. The largest absolute Gasteiger partial charge is 0.444 e. The third-order valence-electron chi connectivity index (χ3n) is 3.79. The van der Waals surface area contributed by atoms with Crippen molar-refractivity contribution in [1.29, 1.82) is 0 Å². The zero-order valence-electron chi connectivity index (χ0n) is 10.8. The van der Waals surface area contributed by atoms with E-state index in [2.05, 4.69) is 10.3 Å². The molecule has 3 rings (SSSR count). The van der Waals surface area contributed by atoms with E-state index in [4.69, 9.17) is 4.42 Å². The van der Waals surface area contributed by atoms with Gasteiger partial charge in [0.25, 0.3) is 0 Å². The van der Waals surface area contributed by atoms with E-state index >= 15 is 0 Å². The number of rotatable bonds is 5. The van der Waals surface area contributed by atoms with Gasteiger partial charge in [-0.25, -0.2) is 4.98 Å². The predicted octanol–water partition coefficient (Wildman–Crippen LogP) is 2.80. The highest BCUT2D eigenvalue weighted by atomic mass is 32.1. The second-order valence-electron chi connectivity index (χ2n) is 5.12. The lowest BCUT2D eigenvalue weighted by atomic mass is 9.99. The van der Waals surface area contributed by atoms with Crippen molar-refractivity contribution in [2.24, 2.45) is 0 Å². The first kappa shape index (κ1) is 12.8. The minimum atomic E-state index is -0.109. The Kier molecular flexibility index (Phi) is 3.68. The van der Waals surface area contributed by atoms with E-state index in [1.165, 1.54) is 12.8 Å². The van der Waals surface area contributed by atoms with Gasteiger partial charge in [0.05, 0.1) is 17.2 Å². The maximum absolute atomic E-state index is 9.55.